The Morgan fingerprint density at radius 2 is 2.06 bits per heavy atom. The maximum Gasteiger partial charge on any atom is 0.374 e. The number of imidazole rings is 1. The molecule has 0 amide bonds. The largest absolute Gasteiger partial charge is 0.460 e. The molecule has 2 saturated heterocycles. The number of hydrogen-bond acceptors (Lipinski definition) is 8. The molecule has 5 rings (SSSR count). The molecule has 33 heavy (non-hydrogen) atoms. The maximum atomic E-state index is 16.0. The van der Waals surface area contributed by atoms with Crippen LogP contribution in [0.2, 0.25) is 0 Å². The third kappa shape index (κ3) is 3.95. The third-order valence-corrected chi connectivity index (χ3v) is 5.95. The number of carbonyl (C=O) groups is 1. The number of halogens is 1. The topological polar surface area (TPSA) is 96.5 Å². The first-order valence-electron chi connectivity index (χ1n) is 11.3. The molecule has 0 bridgehead atoms. The second-order valence-electron chi connectivity index (χ2n) is 8.14. The van der Waals surface area contributed by atoms with Crippen LogP contribution in [-0.2, 0) is 21.3 Å². The van der Waals surface area contributed by atoms with Crippen molar-refractivity contribution in [3.8, 4) is 11.3 Å². The van der Waals surface area contributed by atoms with Crippen LogP contribution in [0.1, 0.15) is 43.0 Å². The van der Waals surface area contributed by atoms with E-state index >= 15 is 4.39 Å². The summed E-state index contributed by atoms with van der Waals surface area (Å²) in [6.07, 6.45) is 5.45. The van der Waals surface area contributed by atoms with E-state index in [-0.39, 0.29) is 18.1 Å². The van der Waals surface area contributed by atoms with Gasteiger partial charge in [-0.3, -0.25) is 9.25 Å². The Morgan fingerprint density at radius 3 is 2.73 bits per heavy atom. The standard InChI is InChI=1S/C22H27FN6O4/c1-3-32-22(30)21-26-18-19(28-7-10-31-11-8-28)16(23)17(14-12-24-27(2)13-14)25-20(18)29(21)15-6-4-5-9-33-15/h12-13,15H,3-11H2,1-2H3. The number of pyridine rings is 1. The number of aromatic nitrogens is 5. The molecule has 0 aliphatic carbocycles. The van der Waals surface area contributed by atoms with Gasteiger partial charge in [0.05, 0.1) is 26.0 Å². The van der Waals surface area contributed by atoms with Gasteiger partial charge in [-0.25, -0.2) is 19.2 Å². The number of rotatable bonds is 5. The molecule has 3 aromatic heterocycles. The normalized spacial score (nSPS) is 19.2. The Bertz CT molecular complexity index is 1160. The SMILES string of the molecule is CCOC(=O)c1nc2c(N3CCOCC3)c(F)c(-c3cnn(C)c3)nc2n1C1CCCCO1. The Morgan fingerprint density at radius 1 is 1.24 bits per heavy atom. The van der Waals surface area contributed by atoms with Gasteiger partial charge in [-0.1, -0.05) is 0 Å². The van der Waals surface area contributed by atoms with E-state index in [1.807, 2.05) is 4.90 Å². The number of ether oxygens (including phenoxy) is 3. The van der Waals surface area contributed by atoms with Crippen molar-refractivity contribution in [2.24, 2.45) is 7.05 Å². The highest BCUT2D eigenvalue weighted by atomic mass is 19.1. The maximum absolute atomic E-state index is 16.0. The lowest BCUT2D eigenvalue weighted by Crippen LogP contribution is -2.37. The fourth-order valence-corrected chi connectivity index (χ4v) is 4.41. The van der Waals surface area contributed by atoms with E-state index < -0.39 is 18.0 Å². The first kappa shape index (κ1) is 21.8. The van der Waals surface area contributed by atoms with Crippen LogP contribution in [-0.4, -0.2) is 69.8 Å². The average molecular weight is 458 g/mol. The van der Waals surface area contributed by atoms with Crippen molar-refractivity contribution in [2.45, 2.75) is 32.4 Å². The number of hydrogen-bond donors (Lipinski definition) is 0. The molecule has 0 spiro atoms. The zero-order chi connectivity index (χ0) is 22.9. The lowest BCUT2D eigenvalue weighted by Gasteiger charge is -2.30. The molecule has 2 fully saturated rings. The van der Waals surface area contributed by atoms with Crippen LogP contribution in [0, 0.1) is 5.82 Å². The number of morpholine rings is 1. The Hall–Kier alpha value is -3.05. The molecular formula is C22H27FN6O4. The summed E-state index contributed by atoms with van der Waals surface area (Å²) in [7, 11) is 1.77. The molecule has 0 N–H and O–H groups in total. The highest BCUT2D eigenvalue weighted by molar-refractivity contribution is 5.96. The van der Waals surface area contributed by atoms with E-state index in [2.05, 4.69) is 15.1 Å². The fourth-order valence-electron chi connectivity index (χ4n) is 4.41. The van der Waals surface area contributed by atoms with Gasteiger partial charge < -0.3 is 19.1 Å². The molecule has 1 unspecified atom stereocenters. The van der Waals surface area contributed by atoms with Crippen LogP contribution < -0.4 is 4.90 Å². The molecule has 10 nitrogen and oxygen atoms in total. The molecule has 2 aliphatic heterocycles. The smallest absolute Gasteiger partial charge is 0.374 e. The van der Waals surface area contributed by atoms with E-state index in [9.17, 15) is 4.79 Å². The molecule has 5 heterocycles. The Labute approximate surface area is 190 Å². The van der Waals surface area contributed by atoms with Gasteiger partial charge in [-0.2, -0.15) is 5.10 Å². The molecule has 1 atom stereocenters. The first-order valence-corrected chi connectivity index (χ1v) is 11.3. The van der Waals surface area contributed by atoms with Crippen molar-refractivity contribution in [1.82, 2.24) is 24.3 Å². The summed E-state index contributed by atoms with van der Waals surface area (Å²) in [5, 5.41) is 4.18. The van der Waals surface area contributed by atoms with E-state index in [0.29, 0.717) is 61.7 Å². The van der Waals surface area contributed by atoms with Gasteiger partial charge in [-0.15, -0.1) is 0 Å². The Kier molecular flexibility index (Phi) is 5.98. The lowest BCUT2D eigenvalue weighted by molar-refractivity contribution is -0.0321. The molecule has 0 saturated carbocycles. The second kappa shape index (κ2) is 9.06. The van der Waals surface area contributed by atoms with Gasteiger partial charge in [0.1, 0.15) is 23.1 Å². The molecule has 3 aromatic rings. The van der Waals surface area contributed by atoms with Gasteiger partial charge in [0.25, 0.3) is 0 Å². The highest BCUT2D eigenvalue weighted by Gasteiger charge is 2.32. The van der Waals surface area contributed by atoms with Crippen molar-refractivity contribution in [2.75, 3.05) is 44.4 Å². The number of nitrogens with zero attached hydrogens (tertiary/aromatic N) is 6. The quantitative estimate of drug-likeness (QED) is 0.539. The van der Waals surface area contributed by atoms with E-state index in [4.69, 9.17) is 14.2 Å². The molecule has 0 aromatic carbocycles. The zero-order valence-corrected chi connectivity index (χ0v) is 18.8. The van der Waals surface area contributed by atoms with E-state index in [1.165, 1.54) is 0 Å². The summed E-state index contributed by atoms with van der Waals surface area (Å²) in [4.78, 5) is 24.0. The summed E-state index contributed by atoms with van der Waals surface area (Å²) in [6, 6.07) is 0. The Balaban J connectivity index is 1.79. The number of carbonyl (C=O) groups excluding carboxylic acids is 1. The summed E-state index contributed by atoms with van der Waals surface area (Å²) in [5.41, 5.74) is 1.72. The predicted molar refractivity (Wildman–Crippen MR) is 118 cm³/mol. The first-order chi connectivity index (χ1) is 16.1. The van der Waals surface area contributed by atoms with Crippen molar-refractivity contribution in [3.05, 3.63) is 24.0 Å². The number of anilines is 1. The van der Waals surface area contributed by atoms with Gasteiger partial charge in [0.15, 0.2) is 11.5 Å². The molecule has 11 heteroatoms. The highest BCUT2D eigenvalue weighted by Crippen LogP contribution is 2.38. The minimum atomic E-state index is -0.582. The number of aryl methyl sites for hydroxylation is 1. The summed E-state index contributed by atoms with van der Waals surface area (Å²) in [5.74, 6) is -1.01. The van der Waals surface area contributed by atoms with Crippen molar-refractivity contribution < 1.29 is 23.4 Å². The van der Waals surface area contributed by atoms with Gasteiger partial charge >= 0.3 is 5.97 Å². The monoisotopic (exact) mass is 458 g/mol. The van der Waals surface area contributed by atoms with Crippen LogP contribution in [0.5, 0.6) is 0 Å². The van der Waals surface area contributed by atoms with Crippen LogP contribution >= 0.6 is 0 Å². The van der Waals surface area contributed by atoms with Crippen LogP contribution in [0.4, 0.5) is 10.1 Å². The molecule has 2 aliphatic rings. The zero-order valence-electron chi connectivity index (χ0n) is 18.8. The van der Waals surface area contributed by atoms with Crippen molar-refractivity contribution >= 4 is 22.8 Å². The summed E-state index contributed by atoms with van der Waals surface area (Å²) >= 11 is 0. The minimum absolute atomic E-state index is 0.0727. The van der Waals surface area contributed by atoms with Crippen molar-refractivity contribution in [3.63, 3.8) is 0 Å². The van der Waals surface area contributed by atoms with Gasteiger partial charge in [0.2, 0.25) is 5.82 Å². The summed E-state index contributed by atoms with van der Waals surface area (Å²) < 4.78 is 36.1. The molecule has 0 radical (unpaired) electrons. The van der Waals surface area contributed by atoms with Gasteiger partial charge in [-0.05, 0) is 26.2 Å². The molecular weight excluding hydrogens is 431 g/mol. The minimum Gasteiger partial charge on any atom is -0.460 e. The van der Waals surface area contributed by atoms with Crippen LogP contribution in [0.3, 0.4) is 0 Å². The van der Waals surface area contributed by atoms with Crippen LogP contribution in [0.25, 0.3) is 22.4 Å². The molecule has 176 valence electrons. The average Bonchev–Trinajstić information content (AvgIpc) is 3.43. The van der Waals surface area contributed by atoms with E-state index in [1.54, 1.807) is 35.6 Å². The number of esters is 1. The van der Waals surface area contributed by atoms with Crippen molar-refractivity contribution in [1.29, 1.82) is 0 Å². The van der Waals surface area contributed by atoms with E-state index in [0.717, 1.165) is 12.8 Å². The van der Waals surface area contributed by atoms with Gasteiger partial charge in [0, 0.05) is 38.5 Å². The summed E-state index contributed by atoms with van der Waals surface area (Å²) in [6.45, 7) is 4.46. The van der Waals surface area contributed by atoms with Crippen LogP contribution in [0.15, 0.2) is 12.4 Å². The second-order valence-corrected chi connectivity index (χ2v) is 8.14. The predicted octanol–water partition coefficient (Wildman–Crippen LogP) is 2.68. The number of fused-ring (bicyclic) bond motifs is 1. The fraction of sp³-hybridized carbons (Fsp3) is 0.545. The third-order valence-electron chi connectivity index (χ3n) is 5.95. The lowest BCUT2D eigenvalue weighted by atomic mass is 10.1.